The van der Waals surface area contributed by atoms with Crippen molar-refractivity contribution < 1.29 is 29.0 Å². The number of amides is 4. The van der Waals surface area contributed by atoms with Crippen LogP contribution >= 0.6 is 0 Å². The molecule has 1 aromatic carbocycles. The number of aldehydes is 1. The average Bonchev–Trinajstić information content (AvgIpc) is 2.61. The molecule has 8 heteroatoms. The molecule has 0 spiro atoms. The Morgan fingerprint density at radius 3 is 2.28 bits per heavy atom. The number of imide groups is 2. The third kappa shape index (κ3) is 9.96. The smallest absolute Gasteiger partial charge is 0.330 e. The van der Waals surface area contributed by atoms with Crippen molar-refractivity contribution in [2.45, 2.75) is 47.1 Å². The van der Waals surface area contributed by atoms with Crippen LogP contribution in [0.3, 0.4) is 0 Å². The first kappa shape index (κ1) is 24.5. The monoisotopic (exact) mass is 406 g/mol. The molecular weight excluding hydrogens is 376 g/mol. The fourth-order valence-corrected chi connectivity index (χ4v) is 2.35. The maximum absolute atomic E-state index is 11.6. The van der Waals surface area contributed by atoms with Gasteiger partial charge in [0, 0.05) is 5.56 Å². The summed E-state index contributed by atoms with van der Waals surface area (Å²) in [6, 6.07) is 4.37. The van der Waals surface area contributed by atoms with Crippen molar-refractivity contribution in [3.8, 4) is 0 Å². The number of hydrogen-bond acceptors (Lipinski definition) is 6. The summed E-state index contributed by atoms with van der Waals surface area (Å²) < 4.78 is 5.40. The molecule has 0 atom stereocenters. The molecule has 0 radical (unpaired) electrons. The Kier molecular flexibility index (Phi) is 9.64. The van der Waals surface area contributed by atoms with Crippen molar-refractivity contribution in [1.29, 1.82) is 0 Å². The molecule has 8 nitrogen and oxygen atoms in total. The van der Waals surface area contributed by atoms with Crippen LogP contribution in [0.5, 0.6) is 0 Å². The van der Waals surface area contributed by atoms with Gasteiger partial charge < -0.3 is 9.84 Å². The Morgan fingerprint density at radius 1 is 1.10 bits per heavy atom. The Balaban J connectivity index is 0.000000749. The van der Waals surface area contributed by atoms with Gasteiger partial charge in [-0.3, -0.25) is 24.6 Å². The summed E-state index contributed by atoms with van der Waals surface area (Å²) in [4.78, 5) is 45.9. The second-order valence-electron chi connectivity index (χ2n) is 8.30. The summed E-state index contributed by atoms with van der Waals surface area (Å²) in [6.45, 7) is 9.14. The Hall–Kier alpha value is -2.58. The molecule has 160 valence electrons. The van der Waals surface area contributed by atoms with E-state index in [4.69, 9.17) is 9.84 Å². The fourth-order valence-electron chi connectivity index (χ4n) is 2.35. The Morgan fingerprint density at radius 2 is 1.72 bits per heavy atom. The molecular formula is C21H30N2O6. The molecule has 2 N–H and O–H groups in total. The number of urea groups is 1. The average molecular weight is 406 g/mol. The van der Waals surface area contributed by atoms with E-state index in [1.807, 2.05) is 0 Å². The van der Waals surface area contributed by atoms with Gasteiger partial charge in [0.15, 0.2) is 0 Å². The molecule has 0 saturated carbocycles. The van der Waals surface area contributed by atoms with E-state index >= 15 is 0 Å². The van der Waals surface area contributed by atoms with Crippen molar-refractivity contribution in [3.63, 3.8) is 0 Å². The van der Waals surface area contributed by atoms with E-state index in [0.717, 1.165) is 10.5 Å². The maximum Gasteiger partial charge on any atom is 0.330 e. The lowest BCUT2D eigenvalue weighted by atomic mass is 10.0. The van der Waals surface area contributed by atoms with Gasteiger partial charge in [-0.2, -0.15) is 0 Å². The highest BCUT2D eigenvalue weighted by Gasteiger charge is 2.30. The highest BCUT2D eigenvalue weighted by atomic mass is 16.5. The van der Waals surface area contributed by atoms with Crippen LogP contribution in [-0.2, 0) is 27.4 Å². The lowest BCUT2D eigenvalue weighted by Gasteiger charge is -2.24. The number of hydrogen-bond donors (Lipinski definition) is 2. The van der Waals surface area contributed by atoms with Crippen molar-refractivity contribution in [3.05, 3.63) is 34.9 Å². The molecule has 4 amide bonds. The summed E-state index contributed by atoms with van der Waals surface area (Å²) in [7, 11) is 0. The topological polar surface area (TPSA) is 113 Å². The van der Waals surface area contributed by atoms with E-state index in [2.05, 4.69) is 33.0 Å². The maximum atomic E-state index is 11.6. The molecule has 1 aromatic rings. The fraction of sp³-hybridized carbons (Fsp3) is 0.524. The van der Waals surface area contributed by atoms with Crippen LogP contribution in [0, 0.1) is 5.41 Å². The van der Waals surface area contributed by atoms with Gasteiger partial charge in [-0.15, -0.1) is 0 Å². The third-order valence-corrected chi connectivity index (χ3v) is 3.49. The highest BCUT2D eigenvalue weighted by molar-refractivity contribution is 6.14. The number of nitrogens with one attached hydrogen (secondary N) is 1. The molecule has 1 aliphatic heterocycles. The van der Waals surface area contributed by atoms with E-state index in [1.165, 1.54) is 0 Å². The summed E-state index contributed by atoms with van der Waals surface area (Å²) in [5.74, 6) is -1.14. The zero-order chi connectivity index (χ0) is 22.0. The predicted molar refractivity (Wildman–Crippen MR) is 107 cm³/mol. The van der Waals surface area contributed by atoms with Crippen LogP contribution in [0.4, 0.5) is 4.79 Å². The van der Waals surface area contributed by atoms with Crippen molar-refractivity contribution in [1.82, 2.24) is 10.2 Å². The number of carbonyl (C=O) groups is 4. The first-order valence-corrected chi connectivity index (χ1v) is 9.44. The molecule has 1 aliphatic rings. The number of aliphatic hydroxyl groups excluding tert-OH is 1. The van der Waals surface area contributed by atoms with Crippen LogP contribution in [-0.4, -0.2) is 53.9 Å². The van der Waals surface area contributed by atoms with Crippen LogP contribution in [0.25, 0.3) is 0 Å². The zero-order valence-electron chi connectivity index (χ0n) is 17.5. The number of barbiturate groups is 1. The molecule has 0 unspecified atom stereocenters. The van der Waals surface area contributed by atoms with E-state index in [1.54, 1.807) is 18.2 Å². The quantitative estimate of drug-likeness (QED) is 0.388. The van der Waals surface area contributed by atoms with Gasteiger partial charge in [0.25, 0.3) is 0 Å². The Labute approximate surface area is 171 Å². The number of benzene rings is 1. The van der Waals surface area contributed by atoms with Gasteiger partial charge in [-0.05, 0) is 35.1 Å². The standard InChI is InChI=1S/C16H18N2O6.C5H12/c19-9-12-5-11(6-13(7-12)10-20)1-3-24-4-2-18-15(22)8-14(21)17-16(18)23;1-5(2,3)4/h5-7,9,20H,1-4,8,10H2,(H,17,21,23);1-4H3. The van der Waals surface area contributed by atoms with E-state index < -0.39 is 17.8 Å². The van der Waals surface area contributed by atoms with Crippen LogP contribution < -0.4 is 5.32 Å². The molecule has 0 aliphatic carbocycles. The molecule has 1 heterocycles. The van der Waals surface area contributed by atoms with Crippen LogP contribution in [0.15, 0.2) is 18.2 Å². The number of nitrogens with zero attached hydrogens (tertiary/aromatic N) is 1. The molecule has 0 bridgehead atoms. The molecule has 2 rings (SSSR count). The molecule has 0 aromatic heterocycles. The summed E-state index contributed by atoms with van der Waals surface area (Å²) in [5, 5.41) is 11.2. The minimum atomic E-state index is -0.730. The lowest BCUT2D eigenvalue weighted by molar-refractivity contribution is -0.136. The van der Waals surface area contributed by atoms with Crippen LogP contribution in [0.2, 0.25) is 0 Å². The third-order valence-electron chi connectivity index (χ3n) is 3.49. The number of aliphatic hydroxyl groups is 1. The highest BCUT2D eigenvalue weighted by Crippen LogP contribution is 2.10. The van der Waals surface area contributed by atoms with Crippen molar-refractivity contribution in [2.24, 2.45) is 5.41 Å². The van der Waals surface area contributed by atoms with Gasteiger partial charge in [0.2, 0.25) is 11.8 Å². The van der Waals surface area contributed by atoms with Crippen LogP contribution in [0.1, 0.15) is 55.6 Å². The van der Waals surface area contributed by atoms with Gasteiger partial charge in [-0.1, -0.05) is 33.8 Å². The van der Waals surface area contributed by atoms with E-state index in [9.17, 15) is 19.2 Å². The summed E-state index contributed by atoms with van der Waals surface area (Å²) in [6.07, 6.45) is 0.896. The number of carbonyl (C=O) groups excluding carboxylic acids is 4. The van der Waals surface area contributed by atoms with Gasteiger partial charge >= 0.3 is 6.03 Å². The normalized spacial score (nSPS) is 14.2. The van der Waals surface area contributed by atoms with Gasteiger partial charge in [0.05, 0.1) is 26.4 Å². The summed E-state index contributed by atoms with van der Waals surface area (Å²) in [5.41, 5.74) is 2.48. The molecule has 29 heavy (non-hydrogen) atoms. The second kappa shape index (κ2) is 11.4. The minimum absolute atomic E-state index is 0.0637. The van der Waals surface area contributed by atoms with Crippen molar-refractivity contribution >= 4 is 24.1 Å². The van der Waals surface area contributed by atoms with Gasteiger partial charge in [-0.25, -0.2) is 4.79 Å². The van der Waals surface area contributed by atoms with E-state index in [-0.39, 0.29) is 26.2 Å². The minimum Gasteiger partial charge on any atom is -0.392 e. The van der Waals surface area contributed by atoms with Crippen molar-refractivity contribution in [2.75, 3.05) is 19.8 Å². The number of ether oxygens (including phenoxy) is 1. The molecule has 1 saturated heterocycles. The SMILES string of the molecule is CC(C)(C)C.O=Cc1cc(CO)cc(CCOCCN2C(=O)CC(=O)NC2=O)c1. The lowest BCUT2D eigenvalue weighted by Crippen LogP contribution is -2.53. The van der Waals surface area contributed by atoms with Gasteiger partial charge in [0.1, 0.15) is 12.7 Å². The first-order chi connectivity index (χ1) is 13.5. The second-order valence-corrected chi connectivity index (χ2v) is 8.30. The van der Waals surface area contributed by atoms with E-state index in [0.29, 0.717) is 35.9 Å². The summed E-state index contributed by atoms with van der Waals surface area (Å²) >= 11 is 0. The Bertz CT molecular complexity index is 713. The zero-order valence-corrected chi connectivity index (χ0v) is 17.5. The largest absolute Gasteiger partial charge is 0.392 e. The number of rotatable bonds is 8. The first-order valence-electron chi connectivity index (χ1n) is 9.44. The molecule has 1 fully saturated rings. The predicted octanol–water partition coefficient (Wildman–Crippen LogP) is 2.07.